The highest BCUT2D eigenvalue weighted by molar-refractivity contribution is 5.79. The molecule has 1 heterocycles. The van der Waals surface area contributed by atoms with E-state index in [9.17, 15) is 4.39 Å². The van der Waals surface area contributed by atoms with Gasteiger partial charge in [0.25, 0.3) is 0 Å². The van der Waals surface area contributed by atoms with E-state index in [4.69, 9.17) is 4.74 Å². The third-order valence-corrected chi connectivity index (χ3v) is 3.53. The summed E-state index contributed by atoms with van der Waals surface area (Å²) in [7, 11) is 1.69. The van der Waals surface area contributed by atoms with Crippen molar-refractivity contribution in [3.63, 3.8) is 0 Å². The number of nitrogens with zero attached hydrogens (tertiary/aromatic N) is 3. The van der Waals surface area contributed by atoms with E-state index in [0.29, 0.717) is 6.61 Å². The molecule has 0 bridgehead atoms. The van der Waals surface area contributed by atoms with Gasteiger partial charge in [0, 0.05) is 46.0 Å². The molecule has 0 amide bonds. The number of aliphatic imine (C=N–C) groups is 1. The van der Waals surface area contributed by atoms with Gasteiger partial charge in [0.2, 0.25) is 0 Å². The van der Waals surface area contributed by atoms with Gasteiger partial charge in [0.1, 0.15) is 5.82 Å². The second kappa shape index (κ2) is 10.5. The second-order valence-corrected chi connectivity index (χ2v) is 5.51. The monoisotopic (exact) mass is 347 g/mol. The highest BCUT2D eigenvalue weighted by Gasteiger charge is 2.03. The molecule has 6 nitrogen and oxygen atoms in total. The molecule has 0 aliphatic heterocycles. The van der Waals surface area contributed by atoms with Gasteiger partial charge >= 0.3 is 0 Å². The molecule has 0 fully saturated rings. The van der Waals surface area contributed by atoms with Crippen molar-refractivity contribution in [3.05, 3.63) is 48.0 Å². The smallest absolute Gasteiger partial charge is 0.191 e. The van der Waals surface area contributed by atoms with Gasteiger partial charge in [-0.1, -0.05) is 0 Å². The normalized spacial score (nSPS) is 11.6. The fourth-order valence-corrected chi connectivity index (χ4v) is 2.28. The Hall–Kier alpha value is -2.41. The molecular formula is C18H26FN5O. The number of hydrogen-bond donors (Lipinski definition) is 2. The van der Waals surface area contributed by atoms with Crippen LogP contribution in [0.1, 0.15) is 19.0 Å². The molecule has 0 saturated carbocycles. The fraction of sp³-hybridized carbons (Fsp3) is 0.444. The van der Waals surface area contributed by atoms with E-state index >= 15 is 0 Å². The lowest BCUT2D eigenvalue weighted by Gasteiger charge is -2.10. The molecule has 0 unspecified atom stereocenters. The van der Waals surface area contributed by atoms with Crippen molar-refractivity contribution in [2.45, 2.75) is 19.8 Å². The van der Waals surface area contributed by atoms with Crippen molar-refractivity contribution < 1.29 is 9.13 Å². The summed E-state index contributed by atoms with van der Waals surface area (Å²) in [5.74, 6) is 0.553. The maximum atomic E-state index is 13.0. The molecule has 0 spiro atoms. The average Bonchev–Trinajstić information content (AvgIpc) is 3.08. The molecule has 2 rings (SSSR count). The third kappa shape index (κ3) is 6.54. The van der Waals surface area contributed by atoms with Crippen molar-refractivity contribution in [2.24, 2.45) is 4.99 Å². The number of aromatic nitrogens is 2. The summed E-state index contributed by atoms with van der Waals surface area (Å²) in [6, 6.07) is 8.25. The average molecular weight is 347 g/mol. The topological polar surface area (TPSA) is 63.5 Å². The summed E-state index contributed by atoms with van der Waals surface area (Å²) in [4.78, 5) is 4.50. The van der Waals surface area contributed by atoms with Crippen molar-refractivity contribution in [2.75, 3.05) is 33.4 Å². The Morgan fingerprint density at radius 1 is 1.24 bits per heavy atom. The van der Waals surface area contributed by atoms with Crippen LogP contribution in [0, 0.1) is 5.82 Å². The van der Waals surface area contributed by atoms with Crippen LogP contribution in [-0.4, -0.2) is 49.1 Å². The van der Waals surface area contributed by atoms with Gasteiger partial charge in [-0.25, -0.2) is 9.07 Å². The Labute approximate surface area is 148 Å². The molecule has 0 aliphatic carbocycles. The fourth-order valence-electron chi connectivity index (χ4n) is 2.28. The molecule has 7 heteroatoms. The molecular weight excluding hydrogens is 321 g/mol. The summed E-state index contributed by atoms with van der Waals surface area (Å²) in [5, 5.41) is 11.0. The summed E-state index contributed by atoms with van der Waals surface area (Å²) >= 11 is 0. The first-order valence-electron chi connectivity index (χ1n) is 8.54. The largest absolute Gasteiger partial charge is 0.385 e. The molecule has 0 atom stereocenters. The molecule has 2 N–H and O–H groups in total. The Kier molecular flexibility index (Phi) is 7.91. The molecule has 136 valence electrons. The molecule has 1 aromatic heterocycles. The maximum Gasteiger partial charge on any atom is 0.191 e. The van der Waals surface area contributed by atoms with Gasteiger partial charge in [0.15, 0.2) is 5.96 Å². The minimum atomic E-state index is -0.249. The highest BCUT2D eigenvalue weighted by atomic mass is 19.1. The van der Waals surface area contributed by atoms with E-state index in [1.165, 1.54) is 12.1 Å². The number of nitrogens with one attached hydrogen (secondary N) is 2. The highest BCUT2D eigenvalue weighted by Crippen LogP contribution is 2.09. The van der Waals surface area contributed by atoms with E-state index in [1.807, 2.05) is 19.2 Å². The number of rotatable bonds is 9. The number of methoxy groups -OCH3 is 1. The van der Waals surface area contributed by atoms with Gasteiger partial charge < -0.3 is 15.4 Å². The van der Waals surface area contributed by atoms with Crippen LogP contribution in [0.2, 0.25) is 0 Å². The first-order chi connectivity index (χ1) is 12.2. The molecule has 1 aromatic carbocycles. The van der Waals surface area contributed by atoms with Crippen molar-refractivity contribution in [3.8, 4) is 5.69 Å². The van der Waals surface area contributed by atoms with E-state index in [1.54, 1.807) is 23.9 Å². The lowest BCUT2D eigenvalue weighted by atomic mass is 10.3. The standard InChI is InChI=1S/C18H26FN5O/c1-3-20-18(21-11-4-14-25-2)22-12-9-16-10-13-24(23-16)17-7-5-15(19)6-8-17/h5-8,10,13H,3-4,9,11-12,14H2,1-2H3,(H2,20,21,22). The quantitative estimate of drug-likeness (QED) is 0.414. The van der Waals surface area contributed by atoms with E-state index in [2.05, 4.69) is 20.7 Å². The van der Waals surface area contributed by atoms with Gasteiger partial charge in [-0.05, 0) is 43.7 Å². The SMILES string of the molecule is CCNC(=NCCCOC)NCCc1ccn(-c2ccc(F)cc2)n1. The van der Waals surface area contributed by atoms with Crippen LogP contribution in [0.4, 0.5) is 4.39 Å². The summed E-state index contributed by atoms with van der Waals surface area (Å²) in [6.07, 6.45) is 3.55. The van der Waals surface area contributed by atoms with Crippen molar-refractivity contribution in [1.82, 2.24) is 20.4 Å². The van der Waals surface area contributed by atoms with Crippen LogP contribution in [0.3, 0.4) is 0 Å². The number of ether oxygens (including phenoxy) is 1. The Morgan fingerprint density at radius 3 is 2.76 bits per heavy atom. The zero-order valence-corrected chi connectivity index (χ0v) is 14.8. The van der Waals surface area contributed by atoms with Gasteiger partial charge in [-0.15, -0.1) is 0 Å². The third-order valence-electron chi connectivity index (χ3n) is 3.53. The predicted octanol–water partition coefficient (Wildman–Crippen LogP) is 2.15. The molecule has 0 aliphatic rings. The minimum Gasteiger partial charge on any atom is -0.385 e. The number of benzene rings is 1. The zero-order valence-electron chi connectivity index (χ0n) is 14.8. The van der Waals surface area contributed by atoms with Gasteiger partial charge in [-0.2, -0.15) is 5.10 Å². The van der Waals surface area contributed by atoms with Gasteiger partial charge in [0.05, 0.1) is 11.4 Å². The number of halogens is 1. The summed E-state index contributed by atoms with van der Waals surface area (Å²) < 4.78 is 19.8. The summed E-state index contributed by atoms with van der Waals surface area (Å²) in [6.45, 7) is 5.02. The van der Waals surface area contributed by atoms with Crippen LogP contribution in [0.25, 0.3) is 5.69 Å². The van der Waals surface area contributed by atoms with Gasteiger partial charge in [-0.3, -0.25) is 4.99 Å². The van der Waals surface area contributed by atoms with E-state index in [0.717, 1.165) is 49.8 Å². The Bertz CT molecular complexity index is 654. The Balaban J connectivity index is 1.82. The van der Waals surface area contributed by atoms with Crippen LogP contribution < -0.4 is 10.6 Å². The number of hydrogen-bond acceptors (Lipinski definition) is 3. The lowest BCUT2D eigenvalue weighted by Crippen LogP contribution is -2.38. The lowest BCUT2D eigenvalue weighted by molar-refractivity contribution is 0.197. The molecule has 0 saturated heterocycles. The molecule has 2 aromatic rings. The van der Waals surface area contributed by atoms with Crippen LogP contribution in [-0.2, 0) is 11.2 Å². The van der Waals surface area contributed by atoms with E-state index in [-0.39, 0.29) is 5.82 Å². The van der Waals surface area contributed by atoms with Crippen LogP contribution in [0.5, 0.6) is 0 Å². The minimum absolute atomic E-state index is 0.249. The maximum absolute atomic E-state index is 13.0. The predicted molar refractivity (Wildman–Crippen MR) is 97.7 cm³/mol. The number of guanidine groups is 1. The van der Waals surface area contributed by atoms with Crippen LogP contribution in [0.15, 0.2) is 41.5 Å². The van der Waals surface area contributed by atoms with Crippen molar-refractivity contribution >= 4 is 5.96 Å². The van der Waals surface area contributed by atoms with Crippen LogP contribution >= 0.6 is 0 Å². The van der Waals surface area contributed by atoms with E-state index < -0.39 is 0 Å². The molecule has 25 heavy (non-hydrogen) atoms. The zero-order chi connectivity index (χ0) is 17.9. The van der Waals surface area contributed by atoms with Crippen molar-refractivity contribution in [1.29, 1.82) is 0 Å². The summed E-state index contributed by atoms with van der Waals surface area (Å²) in [5.41, 5.74) is 1.81. The second-order valence-electron chi connectivity index (χ2n) is 5.51. The first-order valence-corrected chi connectivity index (χ1v) is 8.54. The first kappa shape index (κ1) is 18.9. The molecule has 0 radical (unpaired) electrons. The Morgan fingerprint density at radius 2 is 2.04 bits per heavy atom.